The van der Waals surface area contributed by atoms with E-state index in [1.807, 2.05) is 19.9 Å². The van der Waals surface area contributed by atoms with E-state index in [1.165, 1.54) is 4.90 Å². The first kappa shape index (κ1) is 17.8. The quantitative estimate of drug-likeness (QED) is 0.823. The topological polar surface area (TPSA) is 79.0 Å². The molecule has 0 saturated carbocycles. The first-order chi connectivity index (χ1) is 11.3. The fourth-order valence-corrected chi connectivity index (χ4v) is 2.83. The molecule has 1 N–H and O–H groups in total. The molecule has 1 fully saturated rings. The Morgan fingerprint density at radius 2 is 2.00 bits per heavy atom. The number of nitrogens with zero attached hydrogens (tertiary/aromatic N) is 2. The van der Waals surface area contributed by atoms with Gasteiger partial charge in [0.25, 0.3) is 5.91 Å². The number of methoxy groups -OCH3 is 1. The molecule has 1 aliphatic heterocycles. The van der Waals surface area contributed by atoms with E-state index in [9.17, 15) is 14.4 Å². The number of hydrogen-bond donors (Lipinski definition) is 1. The molecule has 1 atom stereocenters. The highest BCUT2D eigenvalue weighted by Crippen LogP contribution is 2.34. The van der Waals surface area contributed by atoms with Gasteiger partial charge in [0.15, 0.2) is 0 Å². The van der Waals surface area contributed by atoms with Gasteiger partial charge in [-0.1, -0.05) is 13.0 Å². The van der Waals surface area contributed by atoms with Crippen molar-refractivity contribution in [2.75, 3.05) is 27.7 Å². The minimum absolute atomic E-state index is 0.269. The molecule has 0 spiro atoms. The van der Waals surface area contributed by atoms with Crippen LogP contribution in [-0.2, 0) is 15.1 Å². The molecule has 1 aromatic rings. The number of carbonyl (C=O) groups is 3. The Morgan fingerprint density at radius 3 is 2.50 bits per heavy atom. The number of likely N-dealkylation sites (N-methyl/N-ethyl adjacent to an activating group) is 1. The Bertz CT molecular complexity index is 686. The molecular formula is C17H23N3O4. The van der Waals surface area contributed by atoms with E-state index in [0.29, 0.717) is 17.7 Å². The first-order valence-electron chi connectivity index (χ1n) is 7.76. The maximum atomic E-state index is 12.9. The number of urea groups is 1. The number of benzene rings is 1. The standard InChI is InChI=1S/C17H23N3O4/c1-6-17(12-7-8-13(24-5)11(2)9-12)15(22)20(16(23)18-17)10-14(21)19(3)4/h7-9H,6,10H2,1-5H3,(H,18,23). The predicted molar refractivity (Wildman–Crippen MR) is 88.6 cm³/mol. The molecule has 1 heterocycles. The van der Waals surface area contributed by atoms with Crippen LogP contribution in [0.25, 0.3) is 0 Å². The molecule has 7 heteroatoms. The summed E-state index contributed by atoms with van der Waals surface area (Å²) < 4.78 is 5.24. The molecule has 130 valence electrons. The van der Waals surface area contributed by atoms with Crippen molar-refractivity contribution < 1.29 is 19.1 Å². The third-order valence-corrected chi connectivity index (χ3v) is 4.39. The number of imide groups is 1. The molecule has 0 aliphatic carbocycles. The summed E-state index contributed by atoms with van der Waals surface area (Å²) in [6.07, 6.45) is 0.385. The van der Waals surface area contributed by atoms with Crippen LogP contribution in [-0.4, -0.2) is 55.4 Å². The van der Waals surface area contributed by atoms with Crippen molar-refractivity contribution in [2.45, 2.75) is 25.8 Å². The molecular weight excluding hydrogens is 310 g/mol. The van der Waals surface area contributed by atoms with Gasteiger partial charge in [-0.25, -0.2) is 4.79 Å². The summed E-state index contributed by atoms with van der Waals surface area (Å²) in [5.74, 6) is -0.00695. The predicted octanol–water partition coefficient (Wildman–Crippen LogP) is 1.25. The Morgan fingerprint density at radius 1 is 1.33 bits per heavy atom. The Balaban J connectivity index is 2.39. The van der Waals surface area contributed by atoms with E-state index < -0.39 is 17.5 Å². The lowest BCUT2D eigenvalue weighted by Crippen LogP contribution is -2.44. The summed E-state index contributed by atoms with van der Waals surface area (Å²) in [5, 5.41) is 2.77. The lowest BCUT2D eigenvalue weighted by Gasteiger charge is -2.26. The van der Waals surface area contributed by atoms with Crippen molar-refractivity contribution in [1.29, 1.82) is 0 Å². The fourth-order valence-electron chi connectivity index (χ4n) is 2.83. The average molecular weight is 333 g/mol. The molecule has 24 heavy (non-hydrogen) atoms. The normalized spacial score (nSPS) is 20.1. The summed E-state index contributed by atoms with van der Waals surface area (Å²) in [6.45, 7) is 3.43. The summed E-state index contributed by atoms with van der Waals surface area (Å²) in [5.41, 5.74) is 0.398. The van der Waals surface area contributed by atoms with E-state index >= 15 is 0 Å². The second kappa shape index (κ2) is 6.51. The van der Waals surface area contributed by atoms with E-state index in [2.05, 4.69) is 5.32 Å². The van der Waals surface area contributed by atoms with Crippen LogP contribution in [0.2, 0.25) is 0 Å². The zero-order valence-electron chi connectivity index (χ0n) is 14.7. The third-order valence-electron chi connectivity index (χ3n) is 4.39. The SMILES string of the molecule is CCC1(c2ccc(OC)c(C)c2)NC(=O)N(CC(=O)N(C)C)C1=O. The Labute approximate surface area is 141 Å². The van der Waals surface area contributed by atoms with Gasteiger partial charge in [0.05, 0.1) is 7.11 Å². The van der Waals surface area contributed by atoms with Crippen LogP contribution < -0.4 is 10.1 Å². The zero-order valence-corrected chi connectivity index (χ0v) is 14.7. The molecule has 1 aromatic carbocycles. The third kappa shape index (κ3) is 2.81. The van der Waals surface area contributed by atoms with Gasteiger partial charge in [-0.15, -0.1) is 0 Å². The summed E-state index contributed by atoms with van der Waals surface area (Å²) >= 11 is 0. The minimum atomic E-state index is -1.15. The molecule has 1 aliphatic rings. The molecule has 0 radical (unpaired) electrons. The van der Waals surface area contributed by atoms with Gasteiger partial charge in [-0.05, 0) is 36.6 Å². The van der Waals surface area contributed by atoms with Gasteiger partial charge < -0.3 is 15.0 Å². The molecule has 0 aromatic heterocycles. The smallest absolute Gasteiger partial charge is 0.325 e. The second-order valence-corrected chi connectivity index (χ2v) is 6.05. The van der Waals surface area contributed by atoms with E-state index in [0.717, 1.165) is 10.5 Å². The van der Waals surface area contributed by atoms with Crippen molar-refractivity contribution in [2.24, 2.45) is 0 Å². The highest BCUT2D eigenvalue weighted by molar-refractivity contribution is 6.09. The number of rotatable bonds is 5. The highest BCUT2D eigenvalue weighted by atomic mass is 16.5. The van der Waals surface area contributed by atoms with Crippen LogP contribution in [0.15, 0.2) is 18.2 Å². The number of nitrogens with one attached hydrogen (secondary N) is 1. The molecule has 2 rings (SSSR count). The van der Waals surface area contributed by atoms with E-state index in [4.69, 9.17) is 4.74 Å². The van der Waals surface area contributed by atoms with Crippen LogP contribution in [0.4, 0.5) is 4.79 Å². The van der Waals surface area contributed by atoms with Crippen molar-refractivity contribution in [3.05, 3.63) is 29.3 Å². The van der Waals surface area contributed by atoms with Crippen LogP contribution >= 0.6 is 0 Å². The van der Waals surface area contributed by atoms with E-state index in [1.54, 1.807) is 33.3 Å². The lowest BCUT2D eigenvalue weighted by atomic mass is 9.86. The maximum Gasteiger partial charge on any atom is 0.325 e. The fraction of sp³-hybridized carbons (Fsp3) is 0.471. The van der Waals surface area contributed by atoms with Gasteiger partial charge in [0.1, 0.15) is 17.8 Å². The molecule has 1 unspecified atom stereocenters. The maximum absolute atomic E-state index is 12.9. The largest absolute Gasteiger partial charge is 0.496 e. The summed E-state index contributed by atoms with van der Waals surface area (Å²) in [7, 11) is 4.75. The number of carbonyl (C=O) groups excluding carboxylic acids is 3. The van der Waals surface area contributed by atoms with Crippen molar-refractivity contribution >= 4 is 17.8 Å². The van der Waals surface area contributed by atoms with Crippen molar-refractivity contribution in [3.8, 4) is 5.75 Å². The Hall–Kier alpha value is -2.57. The van der Waals surface area contributed by atoms with Crippen molar-refractivity contribution in [1.82, 2.24) is 15.1 Å². The first-order valence-corrected chi connectivity index (χ1v) is 7.76. The van der Waals surface area contributed by atoms with Gasteiger partial charge in [0.2, 0.25) is 5.91 Å². The lowest BCUT2D eigenvalue weighted by molar-refractivity contribution is -0.138. The average Bonchev–Trinajstić information content (AvgIpc) is 2.79. The van der Waals surface area contributed by atoms with Crippen LogP contribution in [0, 0.1) is 6.92 Å². The number of amides is 4. The molecule has 7 nitrogen and oxygen atoms in total. The highest BCUT2D eigenvalue weighted by Gasteiger charge is 2.51. The van der Waals surface area contributed by atoms with Gasteiger partial charge >= 0.3 is 6.03 Å². The van der Waals surface area contributed by atoms with Crippen LogP contribution in [0.3, 0.4) is 0 Å². The number of aryl methyl sites for hydroxylation is 1. The summed E-state index contributed by atoms with van der Waals surface area (Å²) in [4.78, 5) is 39.5. The molecule has 0 bridgehead atoms. The number of ether oxygens (including phenoxy) is 1. The zero-order chi connectivity index (χ0) is 18.1. The monoisotopic (exact) mass is 333 g/mol. The van der Waals surface area contributed by atoms with Gasteiger partial charge in [-0.3, -0.25) is 14.5 Å². The molecule has 4 amide bonds. The second-order valence-electron chi connectivity index (χ2n) is 6.05. The number of hydrogen-bond acceptors (Lipinski definition) is 4. The molecule has 1 saturated heterocycles. The minimum Gasteiger partial charge on any atom is -0.496 e. The van der Waals surface area contributed by atoms with E-state index in [-0.39, 0.29) is 12.5 Å². The van der Waals surface area contributed by atoms with Crippen LogP contribution in [0.1, 0.15) is 24.5 Å². The summed E-state index contributed by atoms with van der Waals surface area (Å²) in [6, 6.07) is 4.82. The van der Waals surface area contributed by atoms with Gasteiger partial charge in [-0.2, -0.15) is 0 Å². The van der Waals surface area contributed by atoms with Crippen LogP contribution in [0.5, 0.6) is 5.75 Å². The Kier molecular flexibility index (Phi) is 4.82. The van der Waals surface area contributed by atoms with Gasteiger partial charge in [0, 0.05) is 14.1 Å². The van der Waals surface area contributed by atoms with Crippen molar-refractivity contribution in [3.63, 3.8) is 0 Å².